The van der Waals surface area contributed by atoms with Gasteiger partial charge in [-0.15, -0.1) is 0 Å². The van der Waals surface area contributed by atoms with E-state index in [0.717, 1.165) is 48.9 Å². The molecule has 2 heterocycles. The van der Waals surface area contributed by atoms with Crippen LogP contribution in [-0.2, 0) is 24.7 Å². The lowest BCUT2D eigenvalue weighted by Gasteiger charge is -2.27. The fraction of sp³-hybridized carbons (Fsp3) is 0.625. The molecule has 0 bridgehead atoms. The fourth-order valence-electron chi connectivity index (χ4n) is 3.73. The van der Waals surface area contributed by atoms with Gasteiger partial charge >= 0.3 is 18.3 Å². The van der Waals surface area contributed by atoms with E-state index in [1.165, 1.54) is 0 Å². The van der Waals surface area contributed by atoms with Gasteiger partial charge in [0, 0.05) is 16.4 Å². The molecule has 1 unspecified atom stereocenters. The molecule has 0 radical (unpaired) electrons. The van der Waals surface area contributed by atoms with Gasteiger partial charge in [0.2, 0.25) is 24.2 Å². The van der Waals surface area contributed by atoms with E-state index in [1.54, 1.807) is 18.5 Å². The minimum atomic E-state index is -5.19. The van der Waals surface area contributed by atoms with E-state index in [1.807, 2.05) is 19.9 Å². The van der Waals surface area contributed by atoms with Crippen LogP contribution in [0.3, 0.4) is 0 Å². The summed E-state index contributed by atoms with van der Waals surface area (Å²) in [6.07, 6.45) is -1.93. The number of aliphatic carboxylic acids is 2. The predicted octanol–water partition coefficient (Wildman–Crippen LogP) is 0.922. The third-order valence-electron chi connectivity index (χ3n) is 5.89. The van der Waals surface area contributed by atoms with Crippen molar-refractivity contribution in [2.24, 2.45) is 5.92 Å². The lowest BCUT2D eigenvalue weighted by Crippen LogP contribution is -2.55. The SMILES string of the molecule is CC(C)CC(NC(=O)[C@H]1CCCCN1)C(=O)NC1(c2ccc[n+](O)c2)CC1.O=C(O)C(F)(F)F.O=C([O-])C(F)(F)F. The number of carbonyl (C=O) groups excluding carboxylic acids is 3. The molecule has 232 valence electrons. The van der Waals surface area contributed by atoms with Crippen molar-refractivity contribution in [3.05, 3.63) is 30.1 Å². The Labute approximate surface area is 230 Å². The number of piperidine rings is 1. The van der Waals surface area contributed by atoms with Crippen molar-refractivity contribution in [1.29, 1.82) is 0 Å². The zero-order valence-corrected chi connectivity index (χ0v) is 22.1. The number of rotatable bonds is 7. The van der Waals surface area contributed by atoms with Crippen LogP contribution in [0.1, 0.15) is 57.9 Å². The Hall–Kier alpha value is -3.63. The van der Waals surface area contributed by atoms with Crippen LogP contribution in [0.2, 0.25) is 0 Å². The standard InChI is InChI=1S/C20H30N4O3.2C2HF3O2/c1-14(2)12-17(22-18(25)16-7-3-4-10-21-16)19(26)23-20(8-9-20)15-6-5-11-24(27)13-15;2*3-2(4,5)1(6)7/h5-6,11,13-14,16-17,21H,3-4,7-10,12H2,1-2H3,(H2-,22,23,25,26,27);2*(H,6,7)/t16-,17?;;/m1../s1. The van der Waals surface area contributed by atoms with E-state index in [9.17, 15) is 41.1 Å². The molecule has 2 amide bonds. The topological polar surface area (TPSA) is 172 Å². The van der Waals surface area contributed by atoms with E-state index < -0.39 is 35.9 Å². The van der Waals surface area contributed by atoms with E-state index in [0.29, 0.717) is 6.42 Å². The Morgan fingerprint density at radius 2 is 1.68 bits per heavy atom. The monoisotopic (exact) mass is 602 g/mol. The number of hydrogen-bond donors (Lipinski definition) is 5. The van der Waals surface area contributed by atoms with E-state index in [4.69, 9.17) is 19.8 Å². The van der Waals surface area contributed by atoms with Crippen LogP contribution in [0.25, 0.3) is 0 Å². The summed E-state index contributed by atoms with van der Waals surface area (Å²) in [5.41, 5.74) is 0.440. The number of nitrogens with zero attached hydrogens (tertiary/aromatic N) is 1. The first-order valence-electron chi connectivity index (χ1n) is 12.4. The smallest absolute Gasteiger partial charge is 0.490 e. The summed E-state index contributed by atoms with van der Waals surface area (Å²) >= 11 is 0. The number of hydrogen-bond acceptors (Lipinski definition) is 7. The molecule has 11 nitrogen and oxygen atoms in total. The Morgan fingerprint density at radius 1 is 1.12 bits per heavy atom. The minimum Gasteiger partial charge on any atom is -0.542 e. The molecule has 1 saturated heterocycles. The van der Waals surface area contributed by atoms with Gasteiger partial charge in [-0.2, -0.15) is 26.3 Å². The van der Waals surface area contributed by atoms with Crippen molar-refractivity contribution >= 4 is 23.8 Å². The highest BCUT2D eigenvalue weighted by Crippen LogP contribution is 2.45. The summed E-state index contributed by atoms with van der Waals surface area (Å²) in [6, 6.07) is 2.90. The van der Waals surface area contributed by atoms with Crippen LogP contribution in [0.15, 0.2) is 24.5 Å². The number of carbonyl (C=O) groups is 4. The Bertz CT molecular complexity index is 1030. The maximum Gasteiger partial charge on any atom is 0.490 e. The Morgan fingerprint density at radius 3 is 2.07 bits per heavy atom. The van der Waals surface area contributed by atoms with Crippen LogP contribution in [0, 0.1) is 5.92 Å². The second-order valence-electron chi connectivity index (χ2n) is 9.83. The average Bonchev–Trinajstić information content (AvgIpc) is 3.64. The molecule has 5 N–H and O–H groups in total. The second kappa shape index (κ2) is 14.8. The molecule has 0 spiro atoms. The predicted molar refractivity (Wildman–Crippen MR) is 125 cm³/mol. The minimum absolute atomic E-state index is 0.0896. The molecule has 1 aliphatic heterocycles. The molecule has 2 atom stereocenters. The molecule has 1 saturated carbocycles. The molecule has 2 fully saturated rings. The van der Waals surface area contributed by atoms with Crippen molar-refractivity contribution in [2.45, 2.75) is 82.3 Å². The number of halogens is 6. The maximum absolute atomic E-state index is 13.0. The van der Waals surface area contributed by atoms with Gasteiger partial charge in [-0.1, -0.05) is 20.3 Å². The van der Waals surface area contributed by atoms with Gasteiger partial charge in [-0.05, 0) is 50.6 Å². The molecule has 17 heteroatoms. The van der Waals surface area contributed by atoms with Crippen LogP contribution in [0.4, 0.5) is 26.3 Å². The van der Waals surface area contributed by atoms with Gasteiger partial charge in [-0.3, -0.25) is 14.8 Å². The van der Waals surface area contributed by atoms with Gasteiger partial charge in [0.25, 0.3) is 0 Å². The molecule has 1 aromatic rings. The van der Waals surface area contributed by atoms with Crippen LogP contribution in [-0.4, -0.2) is 65.0 Å². The average molecular weight is 603 g/mol. The summed E-state index contributed by atoms with van der Waals surface area (Å²) in [5.74, 6) is -5.72. The zero-order chi connectivity index (χ0) is 31.6. The number of alkyl halides is 6. The highest BCUT2D eigenvalue weighted by molar-refractivity contribution is 5.90. The lowest BCUT2D eigenvalue weighted by atomic mass is 9.99. The van der Waals surface area contributed by atoms with Gasteiger partial charge in [0.15, 0.2) is 0 Å². The quantitative estimate of drug-likeness (QED) is 0.174. The first kappa shape index (κ1) is 35.4. The summed E-state index contributed by atoms with van der Waals surface area (Å²) in [7, 11) is 0. The normalized spacial score (nSPS) is 18.4. The summed E-state index contributed by atoms with van der Waals surface area (Å²) in [6.45, 7) is 4.94. The van der Waals surface area contributed by atoms with E-state index in [-0.39, 0.29) is 23.8 Å². The summed E-state index contributed by atoms with van der Waals surface area (Å²) in [5, 5.41) is 34.9. The Balaban J connectivity index is 0.000000497. The van der Waals surface area contributed by atoms with Crippen LogP contribution < -0.4 is 25.8 Å². The largest absolute Gasteiger partial charge is 0.542 e. The molecule has 0 aromatic carbocycles. The summed E-state index contributed by atoms with van der Waals surface area (Å²) < 4.78 is 64.3. The van der Waals surface area contributed by atoms with Gasteiger partial charge in [0.1, 0.15) is 12.0 Å². The first-order chi connectivity index (χ1) is 18.8. The molecular weight excluding hydrogens is 570 g/mol. The van der Waals surface area contributed by atoms with Crippen LogP contribution in [0.5, 0.6) is 0 Å². The number of nitrogens with one attached hydrogen (secondary N) is 3. The number of carboxylic acids is 2. The first-order valence-corrected chi connectivity index (χ1v) is 12.4. The highest BCUT2D eigenvalue weighted by atomic mass is 19.4. The number of carboxylic acid groups (broad SMARTS) is 2. The van der Waals surface area contributed by atoms with Crippen molar-refractivity contribution in [1.82, 2.24) is 16.0 Å². The van der Waals surface area contributed by atoms with Gasteiger partial charge in [-0.25, -0.2) is 4.79 Å². The van der Waals surface area contributed by atoms with E-state index in [2.05, 4.69) is 16.0 Å². The third-order valence-corrected chi connectivity index (χ3v) is 5.89. The lowest BCUT2D eigenvalue weighted by molar-refractivity contribution is -0.905. The third kappa shape index (κ3) is 12.6. The molecule has 1 aromatic heterocycles. The van der Waals surface area contributed by atoms with Gasteiger partial charge < -0.3 is 31.0 Å². The molecule has 41 heavy (non-hydrogen) atoms. The number of aromatic nitrogens is 1. The van der Waals surface area contributed by atoms with E-state index >= 15 is 0 Å². The molecule has 1 aliphatic carbocycles. The van der Waals surface area contributed by atoms with Crippen molar-refractivity contribution < 1.29 is 65.7 Å². The van der Waals surface area contributed by atoms with Crippen molar-refractivity contribution in [3.63, 3.8) is 0 Å². The number of pyridine rings is 1. The zero-order valence-electron chi connectivity index (χ0n) is 22.1. The van der Waals surface area contributed by atoms with Crippen molar-refractivity contribution in [2.75, 3.05) is 6.54 Å². The Kier molecular flexibility index (Phi) is 12.8. The number of amides is 2. The molecular formula is C24H32F6N4O7. The van der Waals surface area contributed by atoms with Crippen molar-refractivity contribution in [3.8, 4) is 0 Å². The van der Waals surface area contributed by atoms with Crippen LogP contribution >= 0.6 is 0 Å². The van der Waals surface area contributed by atoms with Gasteiger partial charge in [0.05, 0.1) is 11.6 Å². The summed E-state index contributed by atoms with van der Waals surface area (Å²) in [4.78, 5) is 43.3. The maximum atomic E-state index is 13.0. The molecule has 3 rings (SSSR count). The fourth-order valence-corrected chi connectivity index (χ4v) is 3.73. The second-order valence-corrected chi connectivity index (χ2v) is 9.83. The molecule has 2 aliphatic rings. The highest BCUT2D eigenvalue weighted by Gasteiger charge is 2.48.